The van der Waals surface area contributed by atoms with Gasteiger partial charge in [0.05, 0.1) is 0 Å². The highest BCUT2D eigenvalue weighted by atomic mass is 19.2. The van der Waals surface area contributed by atoms with Crippen LogP contribution >= 0.6 is 0 Å². The fraction of sp³-hybridized carbons (Fsp3) is 0.579. The van der Waals surface area contributed by atoms with Gasteiger partial charge in [0.25, 0.3) is 5.91 Å². The molecule has 0 radical (unpaired) electrons. The Labute approximate surface area is 146 Å². The van der Waals surface area contributed by atoms with E-state index in [1.165, 1.54) is 6.07 Å². The monoisotopic (exact) mass is 350 g/mol. The quantitative estimate of drug-likeness (QED) is 0.880. The topological polar surface area (TPSA) is 58.2 Å². The average molecular weight is 350 g/mol. The first-order valence-electron chi connectivity index (χ1n) is 8.97. The van der Waals surface area contributed by atoms with Crippen molar-refractivity contribution in [1.29, 1.82) is 0 Å². The minimum Gasteiger partial charge on any atom is -0.353 e. The van der Waals surface area contributed by atoms with Crippen molar-refractivity contribution in [3.05, 3.63) is 35.4 Å². The number of piperidine rings is 1. The van der Waals surface area contributed by atoms with Gasteiger partial charge in [0.2, 0.25) is 5.91 Å². The molecular weight excluding hydrogens is 326 g/mol. The van der Waals surface area contributed by atoms with Gasteiger partial charge in [-0.1, -0.05) is 13.8 Å². The van der Waals surface area contributed by atoms with Gasteiger partial charge in [-0.2, -0.15) is 0 Å². The van der Waals surface area contributed by atoms with Crippen LogP contribution in [0.2, 0.25) is 0 Å². The summed E-state index contributed by atoms with van der Waals surface area (Å²) in [6.45, 7) is 4.18. The van der Waals surface area contributed by atoms with Crippen LogP contribution in [0.15, 0.2) is 18.2 Å². The summed E-state index contributed by atoms with van der Waals surface area (Å²) in [6, 6.07) is 3.12. The molecule has 5 atom stereocenters. The van der Waals surface area contributed by atoms with Crippen molar-refractivity contribution in [3.63, 3.8) is 0 Å². The summed E-state index contributed by atoms with van der Waals surface area (Å²) in [4.78, 5) is 24.5. The van der Waals surface area contributed by atoms with Crippen molar-refractivity contribution >= 4 is 11.8 Å². The van der Waals surface area contributed by atoms with Crippen LogP contribution in [0.4, 0.5) is 8.78 Å². The first-order valence-corrected chi connectivity index (χ1v) is 8.97. The molecule has 3 rings (SSSR count). The lowest BCUT2D eigenvalue weighted by molar-refractivity contribution is -0.133. The van der Waals surface area contributed by atoms with Gasteiger partial charge in [0.15, 0.2) is 11.6 Å². The Balaban J connectivity index is 1.64. The maximum absolute atomic E-state index is 13.3. The normalized spacial score (nSPS) is 31.8. The molecule has 136 valence electrons. The average Bonchev–Trinajstić information content (AvgIpc) is 2.57. The predicted molar refractivity (Wildman–Crippen MR) is 89.8 cm³/mol. The highest BCUT2D eigenvalue weighted by molar-refractivity contribution is 5.94. The molecule has 1 aliphatic heterocycles. The highest BCUT2D eigenvalue weighted by Gasteiger charge is 2.43. The Hall–Kier alpha value is -1.98. The van der Waals surface area contributed by atoms with Crippen LogP contribution in [0.25, 0.3) is 0 Å². The van der Waals surface area contributed by atoms with Crippen LogP contribution in [0, 0.1) is 29.4 Å². The molecule has 25 heavy (non-hydrogen) atoms. The minimum absolute atomic E-state index is 0.0642. The summed E-state index contributed by atoms with van der Waals surface area (Å²) >= 11 is 0. The number of carbonyl (C=O) groups is 2. The van der Waals surface area contributed by atoms with Crippen molar-refractivity contribution in [2.75, 3.05) is 0 Å². The number of rotatable bonds is 3. The van der Waals surface area contributed by atoms with E-state index in [1.54, 1.807) is 0 Å². The van der Waals surface area contributed by atoms with Gasteiger partial charge in [-0.3, -0.25) is 9.59 Å². The second-order valence-electron chi connectivity index (χ2n) is 7.27. The predicted octanol–water partition coefficient (Wildman–Crippen LogP) is 3.02. The summed E-state index contributed by atoms with van der Waals surface area (Å²) in [5.74, 6) is -1.48. The number of benzene rings is 1. The summed E-state index contributed by atoms with van der Waals surface area (Å²) < 4.78 is 26.3. The second kappa shape index (κ2) is 7.10. The summed E-state index contributed by atoms with van der Waals surface area (Å²) in [5.41, 5.74) is 0.105. The van der Waals surface area contributed by atoms with Gasteiger partial charge < -0.3 is 10.6 Å². The molecule has 1 aliphatic carbocycles. The van der Waals surface area contributed by atoms with E-state index in [-0.39, 0.29) is 29.5 Å². The largest absolute Gasteiger partial charge is 0.353 e. The van der Waals surface area contributed by atoms with E-state index in [9.17, 15) is 18.4 Å². The molecular formula is C19H24F2N2O2. The van der Waals surface area contributed by atoms with E-state index in [2.05, 4.69) is 17.6 Å². The molecule has 0 aromatic heterocycles. The number of hydrogen-bond acceptors (Lipinski definition) is 2. The third kappa shape index (κ3) is 3.53. The maximum Gasteiger partial charge on any atom is 0.251 e. The van der Waals surface area contributed by atoms with Crippen molar-refractivity contribution in [1.82, 2.24) is 10.6 Å². The fourth-order valence-electron chi connectivity index (χ4n) is 4.41. The third-order valence-corrected chi connectivity index (χ3v) is 5.84. The zero-order valence-electron chi connectivity index (χ0n) is 14.5. The van der Waals surface area contributed by atoms with Crippen LogP contribution in [0.3, 0.4) is 0 Å². The molecule has 5 unspecified atom stereocenters. The van der Waals surface area contributed by atoms with Crippen LogP contribution in [-0.2, 0) is 4.79 Å². The molecule has 1 saturated heterocycles. The lowest BCUT2D eigenvalue weighted by Crippen LogP contribution is -2.58. The number of fused-ring (bicyclic) bond motifs is 1. The second-order valence-corrected chi connectivity index (χ2v) is 7.27. The SMILES string of the molecule is CCC1C(=O)NC2CC(NC(=O)c3ccc(F)c(F)c3)CCC2C1C. The Morgan fingerprint density at radius 3 is 2.72 bits per heavy atom. The smallest absolute Gasteiger partial charge is 0.251 e. The Bertz CT molecular complexity index is 679. The van der Waals surface area contributed by atoms with Crippen LogP contribution < -0.4 is 10.6 Å². The molecule has 1 saturated carbocycles. The molecule has 1 aromatic carbocycles. The van der Waals surface area contributed by atoms with Gasteiger partial charge in [-0.15, -0.1) is 0 Å². The minimum atomic E-state index is -1.03. The van der Waals surface area contributed by atoms with Gasteiger partial charge >= 0.3 is 0 Å². The van der Waals surface area contributed by atoms with Gasteiger partial charge in [-0.25, -0.2) is 8.78 Å². The van der Waals surface area contributed by atoms with Gasteiger partial charge in [0.1, 0.15) is 0 Å². The van der Waals surface area contributed by atoms with E-state index in [1.807, 2.05) is 6.92 Å². The first-order chi connectivity index (χ1) is 11.9. The van der Waals surface area contributed by atoms with Crippen molar-refractivity contribution in [3.8, 4) is 0 Å². The van der Waals surface area contributed by atoms with Crippen LogP contribution in [0.5, 0.6) is 0 Å². The van der Waals surface area contributed by atoms with Crippen molar-refractivity contribution in [2.24, 2.45) is 17.8 Å². The number of hydrogen-bond donors (Lipinski definition) is 2. The van der Waals surface area contributed by atoms with E-state index in [0.29, 0.717) is 18.3 Å². The molecule has 1 heterocycles. The maximum atomic E-state index is 13.3. The van der Waals surface area contributed by atoms with Crippen LogP contribution in [0.1, 0.15) is 49.9 Å². The Kier molecular flexibility index (Phi) is 5.06. The zero-order valence-corrected chi connectivity index (χ0v) is 14.5. The Morgan fingerprint density at radius 2 is 2.04 bits per heavy atom. The summed E-state index contributed by atoms with van der Waals surface area (Å²) in [7, 11) is 0. The molecule has 2 fully saturated rings. The highest BCUT2D eigenvalue weighted by Crippen LogP contribution is 2.38. The Morgan fingerprint density at radius 1 is 1.28 bits per heavy atom. The van der Waals surface area contributed by atoms with Crippen LogP contribution in [-0.4, -0.2) is 23.9 Å². The molecule has 4 nitrogen and oxygen atoms in total. The molecule has 0 spiro atoms. The lowest BCUT2D eigenvalue weighted by atomic mass is 9.67. The molecule has 2 amide bonds. The molecule has 2 aliphatic rings. The molecule has 0 bridgehead atoms. The lowest BCUT2D eigenvalue weighted by Gasteiger charge is -2.46. The van der Waals surface area contributed by atoms with E-state index in [0.717, 1.165) is 31.4 Å². The van der Waals surface area contributed by atoms with E-state index in [4.69, 9.17) is 0 Å². The number of carbonyl (C=O) groups excluding carboxylic acids is 2. The standard InChI is InChI=1S/C19H24F2N2O2/c1-3-13-10(2)14-6-5-12(9-17(14)23-19(13)25)22-18(24)11-4-7-15(20)16(21)8-11/h4,7-8,10,12-14,17H,3,5-6,9H2,1-2H3,(H,22,24)(H,23,25). The van der Waals surface area contributed by atoms with Crippen molar-refractivity contribution in [2.45, 2.75) is 51.6 Å². The van der Waals surface area contributed by atoms with Gasteiger partial charge in [-0.05, 0) is 55.7 Å². The van der Waals surface area contributed by atoms with E-state index >= 15 is 0 Å². The molecule has 1 aromatic rings. The van der Waals surface area contributed by atoms with E-state index < -0.39 is 17.5 Å². The summed E-state index contributed by atoms with van der Waals surface area (Å²) in [5, 5.41) is 6.00. The number of nitrogens with one attached hydrogen (secondary N) is 2. The molecule has 6 heteroatoms. The van der Waals surface area contributed by atoms with Gasteiger partial charge in [0, 0.05) is 23.6 Å². The fourth-order valence-corrected chi connectivity index (χ4v) is 4.41. The van der Waals surface area contributed by atoms with Crippen molar-refractivity contribution < 1.29 is 18.4 Å². The number of halogens is 2. The first kappa shape index (κ1) is 17.8. The zero-order chi connectivity index (χ0) is 18.1. The third-order valence-electron chi connectivity index (χ3n) is 5.84. The summed E-state index contributed by atoms with van der Waals surface area (Å²) in [6.07, 6.45) is 3.28. The molecule has 2 N–H and O–H groups in total. The number of amides is 2.